The number of hydrogen-bond acceptors (Lipinski definition) is 10. The number of aromatic nitrogens is 5. The maximum Gasteiger partial charge on any atom is 0.405 e. The first kappa shape index (κ1) is 26.5. The number of fused-ring (bicyclic) bond motifs is 1. The van der Waals surface area contributed by atoms with Crippen molar-refractivity contribution in [3.8, 4) is 11.4 Å². The van der Waals surface area contributed by atoms with E-state index in [1.165, 1.54) is 12.1 Å². The number of sulfonamides is 1. The zero-order valence-electron chi connectivity index (χ0n) is 20.5. The molecule has 0 spiro atoms. The van der Waals surface area contributed by atoms with E-state index >= 15 is 0 Å². The molecule has 1 aliphatic heterocycles. The molecular weight excluding hydrogens is 535 g/mol. The maximum absolute atomic E-state index is 13.0. The van der Waals surface area contributed by atoms with Crippen LogP contribution in [-0.4, -0.2) is 59.1 Å². The molecular formula is C24H24F3N9O2S. The van der Waals surface area contributed by atoms with Gasteiger partial charge in [-0.05, 0) is 42.7 Å². The lowest BCUT2D eigenvalue weighted by atomic mass is 10.2. The predicted molar refractivity (Wildman–Crippen MR) is 139 cm³/mol. The number of alkyl halides is 3. The van der Waals surface area contributed by atoms with Gasteiger partial charge in [0.05, 0.1) is 28.5 Å². The molecule has 4 N–H and O–H groups in total. The van der Waals surface area contributed by atoms with E-state index in [4.69, 9.17) is 5.14 Å². The van der Waals surface area contributed by atoms with Crippen LogP contribution in [-0.2, 0) is 16.6 Å². The average molecular weight is 560 g/mol. The summed E-state index contributed by atoms with van der Waals surface area (Å²) < 4.78 is 61.9. The summed E-state index contributed by atoms with van der Waals surface area (Å²) in [7, 11) is -3.83. The summed E-state index contributed by atoms with van der Waals surface area (Å²) in [6, 6.07) is 9.12. The number of nitrogens with two attached hydrogens (primary N) is 1. The first-order chi connectivity index (χ1) is 18.5. The molecule has 204 valence electrons. The third-order valence-electron chi connectivity index (χ3n) is 6.03. The molecule has 0 aliphatic carbocycles. The number of primary sulfonamides is 1. The van der Waals surface area contributed by atoms with Crippen molar-refractivity contribution in [3.63, 3.8) is 0 Å². The van der Waals surface area contributed by atoms with Gasteiger partial charge in [0.1, 0.15) is 23.6 Å². The average Bonchev–Trinajstić information content (AvgIpc) is 3.45. The normalized spacial score (nSPS) is 14.1. The van der Waals surface area contributed by atoms with Crippen LogP contribution in [0.15, 0.2) is 53.7 Å². The van der Waals surface area contributed by atoms with Crippen LogP contribution in [0, 0.1) is 0 Å². The van der Waals surface area contributed by atoms with E-state index in [1.54, 1.807) is 36.7 Å². The highest BCUT2D eigenvalue weighted by Crippen LogP contribution is 2.26. The summed E-state index contributed by atoms with van der Waals surface area (Å²) in [5, 5.41) is 10.4. The lowest BCUT2D eigenvalue weighted by Gasteiger charge is -2.16. The molecule has 3 aromatic heterocycles. The highest BCUT2D eigenvalue weighted by atomic mass is 32.2. The minimum atomic E-state index is -4.48. The Balaban J connectivity index is 1.41. The van der Waals surface area contributed by atoms with E-state index in [-0.39, 0.29) is 28.7 Å². The number of rotatable bonds is 8. The molecule has 4 aromatic rings. The lowest BCUT2D eigenvalue weighted by molar-refractivity contribution is -0.115. The standard InChI is InChI=1S/C24H24F3N9O2S/c25-24(26,27)14-32-22-21-18(34-23(35-22)31-11-15-3-5-16(6-4-15)39(28,37)38)8-7-17(33-21)19-12-30-20(13-29-19)36-9-1-2-10-36/h3-8,12-13H,1-2,9-11,14H2,(H2,28,37,38)(H2,31,32,34,35). The summed E-state index contributed by atoms with van der Waals surface area (Å²) in [4.78, 5) is 24.1. The number of anilines is 3. The maximum atomic E-state index is 13.0. The number of benzene rings is 1. The number of nitrogens with one attached hydrogen (secondary N) is 2. The lowest BCUT2D eigenvalue weighted by Crippen LogP contribution is -2.22. The minimum absolute atomic E-state index is 0.0379. The SMILES string of the molecule is NS(=O)(=O)c1ccc(CNc2nc(NCC(F)(F)F)c3nc(-c4cnc(N5CCCC5)cn4)ccc3n2)cc1. The Labute approximate surface area is 221 Å². The number of nitrogens with zero attached hydrogens (tertiary/aromatic N) is 6. The molecule has 5 rings (SSSR count). The minimum Gasteiger partial charge on any atom is -0.359 e. The molecule has 1 fully saturated rings. The van der Waals surface area contributed by atoms with Crippen LogP contribution in [0.3, 0.4) is 0 Å². The van der Waals surface area contributed by atoms with Gasteiger partial charge in [-0.2, -0.15) is 18.2 Å². The molecule has 11 nitrogen and oxygen atoms in total. The van der Waals surface area contributed by atoms with Gasteiger partial charge >= 0.3 is 6.18 Å². The van der Waals surface area contributed by atoms with Crippen molar-refractivity contribution in [1.29, 1.82) is 0 Å². The highest BCUT2D eigenvalue weighted by Gasteiger charge is 2.27. The Bertz CT molecular complexity index is 1580. The number of hydrogen-bond donors (Lipinski definition) is 3. The summed E-state index contributed by atoms with van der Waals surface area (Å²) in [5.41, 5.74) is 2.02. The van der Waals surface area contributed by atoms with Crippen LogP contribution in [0.2, 0.25) is 0 Å². The molecule has 0 radical (unpaired) electrons. The smallest absolute Gasteiger partial charge is 0.359 e. The molecule has 1 saturated heterocycles. The molecule has 0 bridgehead atoms. The summed E-state index contributed by atoms with van der Waals surface area (Å²) in [6.45, 7) is 0.708. The Hall–Kier alpha value is -4.11. The van der Waals surface area contributed by atoms with Gasteiger partial charge in [-0.15, -0.1) is 0 Å². The topological polar surface area (TPSA) is 152 Å². The van der Waals surface area contributed by atoms with Crippen molar-refractivity contribution >= 4 is 38.6 Å². The molecule has 0 saturated carbocycles. The molecule has 15 heteroatoms. The van der Waals surface area contributed by atoms with Gasteiger partial charge in [-0.3, -0.25) is 0 Å². The van der Waals surface area contributed by atoms with Crippen molar-refractivity contribution in [2.75, 3.05) is 35.2 Å². The number of halogens is 3. The fourth-order valence-electron chi connectivity index (χ4n) is 4.08. The van der Waals surface area contributed by atoms with Gasteiger partial charge in [0.25, 0.3) is 0 Å². The van der Waals surface area contributed by atoms with Crippen LogP contribution in [0.4, 0.5) is 30.8 Å². The van der Waals surface area contributed by atoms with E-state index in [0.717, 1.165) is 31.7 Å². The third kappa shape index (κ3) is 6.49. The van der Waals surface area contributed by atoms with E-state index in [1.807, 2.05) is 0 Å². The van der Waals surface area contributed by atoms with Crippen molar-refractivity contribution in [2.24, 2.45) is 5.14 Å². The number of pyridine rings is 1. The Morgan fingerprint density at radius 2 is 1.64 bits per heavy atom. The van der Waals surface area contributed by atoms with Crippen LogP contribution in [0.25, 0.3) is 22.4 Å². The quantitative estimate of drug-likeness (QED) is 0.293. The first-order valence-electron chi connectivity index (χ1n) is 12.0. The van der Waals surface area contributed by atoms with Gasteiger partial charge in [-0.1, -0.05) is 12.1 Å². The largest absolute Gasteiger partial charge is 0.405 e. The zero-order chi connectivity index (χ0) is 27.6. The fraction of sp³-hybridized carbons (Fsp3) is 0.292. The summed E-state index contributed by atoms with van der Waals surface area (Å²) in [6.07, 6.45) is 0.970. The van der Waals surface area contributed by atoms with Crippen molar-refractivity contribution in [1.82, 2.24) is 24.9 Å². The summed E-state index contributed by atoms with van der Waals surface area (Å²) in [5.74, 6) is 0.725. The predicted octanol–water partition coefficient (Wildman–Crippen LogP) is 3.32. The monoisotopic (exact) mass is 559 g/mol. The molecule has 0 amide bonds. The summed E-state index contributed by atoms with van der Waals surface area (Å²) >= 11 is 0. The van der Waals surface area contributed by atoms with Gasteiger partial charge in [0, 0.05) is 19.6 Å². The van der Waals surface area contributed by atoms with E-state index in [2.05, 4.69) is 40.5 Å². The highest BCUT2D eigenvalue weighted by molar-refractivity contribution is 7.89. The molecule has 4 heterocycles. The first-order valence-corrected chi connectivity index (χ1v) is 13.5. The van der Waals surface area contributed by atoms with Crippen LogP contribution < -0.4 is 20.7 Å². The van der Waals surface area contributed by atoms with Gasteiger partial charge in [-0.25, -0.2) is 33.5 Å². The van der Waals surface area contributed by atoms with Gasteiger partial charge < -0.3 is 15.5 Å². The van der Waals surface area contributed by atoms with E-state index in [9.17, 15) is 21.6 Å². The van der Waals surface area contributed by atoms with E-state index < -0.39 is 22.7 Å². The van der Waals surface area contributed by atoms with Gasteiger partial charge in [0.2, 0.25) is 16.0 Å². The van der Waals surface area contributed by atoms with Crippen molar-refractivity contribution in [2.45, 2.75) is 30.5 Å². The second-order valence-electron chi connectivity index (χ2n) is 8.93. The van der Waals surface area contributed by atoms with Crippen molar-refractivity contribution in [3.05, 3.63) is 54.4 Å². The molecule has 1 aromatic carbocycles. The Morgan fingerprint density at radius 1 is 0.897 bits per heavy atom. The fourth-order valence-corrected chi connectivity index (χ4v) is 4.60. The third-order valence-corrected chi connectivity index (χ3v) is 6.96. The van der Waals surface area contributed by atoms with Crippen LogP contribution >= 0.6 is 0 Å². The second-order valence-corrected chi connectivity index (χ2v) is 10.5. The van der Waals surface area contributed by atoms with E-state index in [0.29, 0.717) is 22.5 Å². The van der Waals surface area contributed by atoms with Crippen LogP contribution in [0.1, 0.15) is 18.4 Å². The zero-order valence-corrected chi connectivity index (χ0v) is 21.3. The van der Waals surface area contributed by atoms with Crippen molar-refractivity contribution < 1.29 is 21.6 Å². The molecule has 1 aliphatic rings. The van der Waals surface area contributed by atoms with Gasteiger partial charge in [0.15, 0.2) is 5.82 Å². The Morgan fingerprint density at radius 3 is 2.28 bits per heavy atom. The molecule has 39 heavy (non-hydrogen) atoms. The van der Waals surface area contributed by atoms with Crippen LogP contribution in [0.5, 0.6) is 0 Å². The molecule has 0 unspecified atom stereocenters. The Kier molecular flexibility index (Phi) is 7.18. The molecule has 0 atom stereocenters. The second kappa shape index (κ2) is 10.6.